The summed E-state index contributed by atoms with van der Waals surface area (Å²) in [5.74, 6) is 0.0856. The van der Waals surface area contributed by atoms with Crippen LogP contribution >= 0.6 is 0 Å². The lowest BCUT2D eigenvalue weighted by molar-refractivity contribution is 0.0735. The van der Waals surface area contributed by atoms with Gasteiger partial charge in [0.05, 0.1) is 17.0 Å². The molecule has 0 N–H and O–H groups in total. The van der Waals surface area contributed by atoms with E-state index < -0.39 is 16.0 Å². The van der Waals surface area contributed by atoms with Crippen LogP contribution in [-0.4, -0.2) is 26.7 Å². The van der Waals surface area contributed by atoms with E-state index in [1.807, 2.05) is 6.07 Å². The number of nitrogens with zero attached hydrogens (tertiary/aromatic N) is 1. The van der Waals surface area contributed by atoms with Crippen molar-refractivity contribution in [3.8, 4) is 5.75 Å². The van der Waals surface area contributed by atoms with Gasteiger partial charge >= 0.3 is 5.97 Å². The van der Waals surface area contributed by atoms with E-state index in [-0.39, 0.29) is 5.75 Å². The van der Waals surface area contributed by atoms with Crippen molar-refractivity contribution in [2.24, 2.45) is 0 Å². The van der Waals surface area contributed by atoms with E-state index in [1.54, 1.807) is 48.5 Å². The highest BCUT2D eigenvalue weighted by molar-refractivity contribution is 7.93. The lowest BCUT2D eigenvalue weighted by atomic mass is 10.2. The van der Waals surface area contributed by atoms with Gasteiger partial charge < -0.3 is 4.74 Å². The van der Waals surface area contributed by atoms with Crippen LogP contribution in [0.1, 0.15) is 16.8 Å². The normalized spacial score (nSPS) is 16.5. The summed E-state index contributed by atoms with van der Waals surface area (Å²) in [6.45, 7) is 0.444. The summed E-state index contributed by atoms with van der Waals surface area (Å²) in [5.41, 5.74) is 0.823. The van der Waals surface area contributed by atoms with E-state index in [0.717, 1.165) is 0 Å². The molecule has 2 aromatic carbocycles. The van der Waals surface area contributed by atoms with Gasteiger partial charge in [0.15, 0.2) is 0 Å². The maximum Gasteiger partial charge on any atom is 0.343 e. The maximum atomic E-state index is 12.2. The maximum absolute atomic E-state index is 12.2. The predicted molar refractivity (Wildman–Crippen MR) is 83.6 cm³/mol. The van der Waals surface area contributed by atoms with Crippen LogP contribution in [-0.2, 0) is 10.0 Å². The standard InChI is InChI=1S/C16H15NO4S/c18-16(21-15-8-2-1-3-9-15)13-6-4-7-14(12-13)17-10-5-11-22(17,19)20/h1-4,6-9,12H,5,10-11H2. The Balaban J connectivity index is 1.84. The Hall–Kier alpha value is -2.34. The molecule has 0 bridgehead atoms. The number of sulfonamides is 1. The van der Waals surface area contributed by atoms with Crippen LogP contribution in [0.4, 0.5) is 5.69 Å². The van der Waals surface area contributed by atoms with Gasteiger partial charge in [-0.1, -0.05) is 24.3 Å². The molecule has 0 spiro atoms. The van der Waals surface area contributed by atoms with Gasteiger partial charge in [-0.05, 0) is 36.8 Å². The zero-order valence-electron chi connectivity index (χ0n) is 11.8. The fourth-order valence-corrected chi connectivity index (χ4v) is 3.93. The van der Waals surface area contributed by atoms with E-state index in [9.17, 15) is 13.2 Å². The molecule has 1 aliphatic rings. The highest BCUT2D eigenvalue weighted by Crippen LogP contribution is 2.25. The third-order valence-corrected chi connectivity index (χ3v) is 5.29. The number of para-hydroxylation sites is 1. The largest absolute Gasteiger partial charge is 0.423 e. The third-order valence-electron chi connectivity index (χ3n) is 3.42. The highest BCUT2D eigenvalue weighted by Gasteiger charge is 2.28. The summed E-state index contributed by atoms with van der Waals surface area (Å²) in [7, 11) is -3.26. The second-order valence-corrected chi connectivity index (χ2v) is 7.01. The smallest absolute Gasteiger partial charge is 0.343 e. The van der Waals surface area contributed by atoms with Crippen molar-refractivity contribution in [1.82, 2.24) is 0 Å². The fourth-order valence-electron chi connectivity index (χ4n) is 2.37. The number of ether oxygens (including phenoxy) is 1. The van der Waals surface area contributed by atoms with Crippen molar-refractivity contribution in [2.45, 2.75) is 6.42 Å². The quantitative estimate of drug-likeness (QED) is 0.644. The summed E-state index contributed by atoms with van der Waals surface area (Å²) in [6, 6.07) is 15.2. The molecule has 2 aromatic rings. The van der Waals surface area contributed by atoms with E-state index in [2.05, 4.69) is 0 Å². The predicted octanol–water partition coefficient (Wildman–Crippen LogP) is 2.45. The van der Waals surface area contributed by atoms with Crippen LogP contribution in [0.3, 0.4) is 0 Å². The number of rotatable bonds is 3. The Kier molecular flexibility index (Phi) is 3.85. The second-order valence-electron chi connectivity index (χ2n) is 4.99. The van der Waals surface area contributed by atoms with Gasteiger partial charge in [0.1, 0.15) is 5.75 Å². The van der Waals surface area contributed by atoms with Crippen molar-refractivity contribution in [1.29, 1.82) is 0 Å². The molecule has 0 aliphatic carbocycles. The summed E-state index contributed by atoms with van der Waals surface area (Å²) < 4.78 is 30.5. The van der Waals surface area contributed by atoms with Crippen molar-refractivity contribution >= 4 is 21.7 Å². The lowest BCUT2D eigenvalue weighted by Crippen LogP contribution is -2.25. The van der Waals surface area contributed by atoms with Crippen molar-refractivity contribution in [2.75, 3.05) is 16.6 Å². The number of anilines is 1. The number of hydrogen-bond acceptors (Lipinski definition) is 4. The van der Waals surface area contributed by atoms with Crippen LogP contribution in [0.5, 0.6) is 5.75 Å². The molecular formula is C16H15NO4S. The summed E-state index contributed by atoms with van der Waals surface area (Å²) in [5, 5.41) is 0. The lowest BCUT2D eigenvalue weighted by Gasteiger charge is -2.17. The first kappa shape index (κ1) is 14.6. The number of hydrogen-bond donors (Lipinski definition) is 0. The molecular weight excluding hydrogens is 302 g/mol. The van der Waals surface area contributed by atoms with Gasteiger partial charge in [-0.25, -0.2) is 13.2 Å². The summed E-state index contributed by atoms with van der Waals surface area (Å²) in [6.07, 6.45) is 0.598. The highest BCUT2D eigenvalue weighted by atomic mass is 32.2. The van der Waals surface area contributed by atoms with Crippen LogP contribution in [0.15, 0.2) is 54.6 Å². The average molecular weight is 317 g/mol. The first-order valence-corrected chi connectivity index (χ1v) is 8.55. The molecule has 3 rings (SSSR count). The van der Waals surface area contributed by atoms with Crippen LogP contribution in [0.25, 0.3) is 0 Å². The molecule has 1 saturated heterocycles. The van der Waals surface area contributed by atoms with Gasteiger partial charge in [0.2, 0.25) is 10.0 Å². The first-order chi connectivity index (χ1) is 10.6. The van der Waals surface area contributed by atoms with E-state index in [1.165, 1.54) is 4.31 Å². The van der Waals surface area contributed by atoms with Gasteiger partial charge in [0.25, 0.3) is 0 Å². The molecule has 1 fully saturated rings. The minimum atomic E-state index is -3.26. The first-order valence-electron chi connectivity index (χ1n) is 6.94. The molecule has 5 nitrogen and oxygen atoms in total. The monoisotopic (exact) mass is 317 g/mol. The fraction of sp³-hybridized carbons (Fsp3) is 0.188. The van der Waals surface area contributed by atoms with Gasteiger partial charge in [-0.3, -0.25) is 4.31 Å². The summed E-state index contributed by atoms with van der Waals surface area (Å²) in [4.78, 5) is 12.2. The third kappa shape index (κ3) is 2.96. The van der Waals surface area contributed by atoms with Crippen LogP contribution in [0.2, 0.25) is 0 Å². The molecule has 22 heavy (non-hydrogen) atoms. The minimum absolute atomic E-state index is 0.145. The SMILES string of the molecule is O=C(Oc1ccccc1)c1cccc(N2CCCS2(=O)=O)c1. The summed E-state index contributed by atoms with van der Waals surface area (Å²) >= 11 is 0. The van der Waals surface area contributed by atoms with Crippen LogP contribution < -0.4 is 9.04 Å². The van der Waals surface area contributed by atoms with Crippen molar-refractivity contribution < 1.29 is 17.9 Å². The molecule has 0 saturated carbocycles. The second kappa shape index (κ2) is 5.81. The Morgan fingerprint density at radius 1 is 1.05 bits per heavy atom. The van der Waals surface area contributed by atoms with Gasteiger partial charge in [-0.2, -0.15) is 0 Å². The zero-order chi connectivity index (χ0) is 15.6. The van der Waals surface area contributed by atoms with Crippen molar-refractivity contribution in [3.05, 3.63) is 60.2 Å². The number of esters is 1. The Bertz CT molecular complexity index is 787. The number of carbonyl (C=O) groups is 1. The zero-order valence-corrected chi connectivity index (χ0v) is 12.6. The average Bonchev–Trinajstić information content (AvgIpc) is 2.88. The number of benzene rings is 2. The van der Waals surface area contributed by atoms with Gasteiger partial charge in [-0.15, -0.1) is 0 Å². The number of carbonyl (C=O) groups excluding carboxylic acids is 1. The Labute approximate surface area is 129 Å². The molecule has 6 heteroatoms. The Morgan fingerprint density at radius 3 is 2.50 bits per heavy atom. The topological polar surface area (TPSA) is 63.7 Å². The molecule has 0 radical (unpaired) electrons. The molecule has 0 atom stereocenters. The molecule has 0 amide bonds. The Morgan fingerprint density at radius 2 is 1.82 bits per heavy atom. The van der Waals surface area contributed by atoms with Crippen molar-refractivity contribution in [3.63, 3.8) is 0 Å². The van der Waals surface area contributed by atoms with E-state index in [4.69, 9.17) is 4.74 Å². The molecule has 0 aromatic heterocycles. The molecule has 1 aliphatic heterocycles. The molecule has 1 heterocycles. The molecule has 0 unspecified atom stereocenters. The van der Waals surface area contributed by atoms with Gasteiger partial charge in [0, 0.05) is 6.54 Å². The van der Waals surface area contributed by atoms with E-state index in [0.29, 0.717) is 30.0 Å². The van der Waals surface area contributed by atoms with E-state index >= 15 is 0 Å². The van der Waals surface area contributed by atoms with Crippen LogP contribution in [0, 0.1) is 0 Å². The minimum Gasteiger partial charge on any atom is -0.423 e. The molecule has 114 valence electrons.